The summed E-state index contributed by atoms with van der Waals surface area (Å²) in [6, 6.07) is 5.94. The van der Waals surface area contributed by atoms with E-state index in [2.05, 4.69) is 17.2 Å². The standard InChI is InChI=1S/C19H19ClN2O5S/c1-4-10-27-18(24)15-11(3)14(17(23)26-5-2)16(28-15)22-19(25)21-13-8-6-12(20)7-9-13/h4,6-9H,1,5,10H2,2-3H3,(H2,21,22,25). The lowest BCUT2D eigenvalue weighted by Crippen LogP contribution is -2.20. The van der Waals surface area contributed by atoms with Gasteiger partial charge >= 0.3 is 18.0 Å². The van der Waals surface area contributed by atoms with Gasteiger partial charge in [0.15, 0.2) is 0 Å². The van der Waals surface area contributed by atoms with Crippen LogP contribution in [0, 0.1) is 6.92 Å². The zero-order valence-corrected chi connectivity index (χ0v) is 16.9. The van der Waals surface area contributed by atoms with Crippen LogP contribution in [0.3, 0.4) is 0 Å². The second-order valence-corrected chi connectivity index (χ2v) is 6.91. The zero-order chi connectivity index (χ0) is 20.7. The Balaban J connectivity index is 2.28. The molecule has 0 fully saturated rings. The Morgan fingerprint density at radius 2 is 1.82 bits per heavy atom. The minimum absolute atomic E-state index is 0.0325. The molecule has 2 rings (SSSR count). The van der Waals surface area contributed by atoms with Crippen molar-refractivity contribution in [3.63, 3.8) is 0 Å². The summed E-state index contributed by atoms with van der Waals surface area (Å²) < 4.78 is 10.1. The Bertz CT molecular complexity index is 892. The zero-order valence-electron chi connectivity index (χ0n) is 15.3. The van der Waals surface area contributed by atoms with E-state index in [9.17, 15) is 14.4 Å². The molecule has 1 aromatic carbocycles. The van der Waals surface area contributed by atoms with Crippen molar-refractivity contribution in [1.82, 2.24) is 0 Å². The lowest BCUT2D eigenvalue weighted by molar-refractivity contribution is 0.0527. The van der Waals surface area contributed by atoms with E-state index < -0.39 is 18.0 Å². The maximum Gasteiger partial charge on any atom is 0.348 e. The molecule has 0 atom stereocenters. The van der Waals surface area contributed by atoms with Crippen LogP contribution in [-0.2, 0) is 9.47 Å². The number of carbonyl (C=O) groups is 3. The van der Waals surface area contributed by atoms with Crippen LogP contribution < -0.4 is 10.6 Å². The molecule has 0 aliphatic carbocycles. The van der Waals surface area contributed by atoms with Crippen LogP contribution in [0.5, 0.6) is 0 Å². The third kappa shape index (κ3) is 5.34. The van der Waals surface area contributed by atoms with Crippen molar-refractivity contribution in [2.45, 2.75) is 13.8 Å². The molecule has 28 heavy (non-hydrogen) atoms. The third-order valence-electron chi connectivity index (χ3n) is 3.47. The first kappa shape index (κ1) is 21.5. The average molecular weight is 423 g/mol. The topological polar surface area (TPSA) is 93.7 Å². The molecule has 1 heterocycles. The quantitative estimate of drug-likeness (QED) is 0.490. The molecule has 0 saturated heterocycles. The summed E-state index contributed by atoms with van der Waals surface area (Å²) in [5.74, 6) is -1.25. The van der Waals surface area contributed by atoms with Gasteiger partial charge in [0.05, 0.1) is 12.2 Å². The van der Waals surface area contributed by atoms with E-state index in [4.69, 9.17) is 21.1 Å². The van der Waals surface area contributed by atoms with Gasteiger partial charge in [-0.05, 0) is 43.7 Å². The molecular formula is C19H19ClN2O5S. The van der Waals surface area contributed by atoms with Crippen molar-refractivity contribution in [3.8, 4) is 0 Å². The maximum absolute atomic E-state index is 12.3. The highest BCUT2D eigenvalue weighted by Crippen LogP contribution is 2.34. The lowest BCUT2D eigenvalue weighted by atomic mass is 10.1. The fourth-order valence-corrected chi connectivity index (χ4v) is 3.45. The Kier molecular flexibility index (Phi) is 7.60. The average Bonchev–Trinajstić information content (AvgIpc) is 2.97. The highest BCUT2D eigenvalue weighted by Gasteiger charge is 2.27. The molecule has 148 valence electrons. The number of amides is 2. The molecule has 0 aliphatic heterocycles. The van der Waals surface area contributed by atoms with Gasteiger partial charge in [0.1, 0.15) is 16.5 Å². The van der Waals surface area contributed by atoms with Crippen LogP contribution in [0.25, 0.3) is 0 Å². The molecule has 0 radical (unpaired) electrons. The number of nitrogens with one attached hydrogen (secondary N) is 2. The second kappa shape index (κ2) is 9.91. The maximum atomic E-state index is 12.3. The number of hydrogen-bond donors (Lipinski definition) is 2. The molecule has 2 N–H and O–H groups in total. The van der Waals surface area contributed by atoms with Crippen molar-refractivity contribution >= 4 is 51.6 Å². The molecule has 2 amide bonds. The predicted molar refractivity (Wildman–Crippen MR) is 110 cm³/mol. The molecule has 7 nitrogen and oxygen atoms in total. The summed E-state index contributed by atoms with van der Waals surface area (Å²) >= 11 is 6.76. The van der Waals surface area contributed by atoms with Crippen molar-refractivity contribution in [2.24, 2.45) is 0 Å². The van der Waals surface area contributed by atoms with Crippen molar-refractivity contribution in [1.29, 1.82) is 0 Å². The highest BCUT2D eigenvalue weighted by molar-refractivity contribution is 7.18. The minimum atomic E-state index is -0.638. The van der Waals surface area contributed by atoms with Gasteiger partial charge in [-0.2, -0.15) is 0 Å². The molecule has 0 bridgehead atoms. The van der Waals surface area contributed by atoms with Gasteiger partial charge in [-0.3, -0.25) is 5.32 Å². The molecule has 0 unspecified atom stereocenters. The first-order valence-corrected chi connectivity index (χ1v) is 9.48. The monoisotopic (exact) mass is 422 g/mol. The number of thiophene rings is 1. The SMILES string of the molecule is C=CCOC(=O)c1sc(NC(=O)Nc2ccc(Cl)cc2)c(C(=O)OCC)c1C. The third-order valence-corrected chi connectivity index (χ3v) is 4.91. The van der Waals surface area contributed by atoms with Gasteiger partial charge < -0.3 is 14.8 Å². The second-order valence-electron chi connectivity index (χ2n) is 5.45. The van der Waals surface area contributed by atoms with Crippen LogP contribution in [0.1, 0.15) is 32.5 Å². The van der Waals surface area contributed by atoms with Crippen LogP contribution >= 0.6 is 22.9 Å². The van der Waals surface area contributed by atoms with Crippen LogP contribution in [-0.4, -0.2) is 31.2 Å². The molecule has 0 spiro atoms. The van der Waals surface area contributed by atoms with Crippen molar-refractivity contribution in [3.05, 3.63) is 57.9 Å². The number of esters is 2. The Labute approximate surface area is 171 Å². The van der Waals surface area contributed by atoms with Crippen molar-refractivity contribution in [2.75, 3.05) is 23.8 Å². The summed E-state index contributed by atoms with van der Waals surface area (Å²) in [6.45, 7) is 6.93. The van der Waals surface area contributed by atoms with E-state index in [1.165, 1.54) is 6.08 Å². The lowest BCUT2D eigenvalue weighted by Gasteiger charge is -2.08. The normalized spacial score (nSPS) is 10.1. The van der Waals surface area contributed by atoms with Crippen molar-refractivity contribution < 1.29 is 23.9 Å². The van der Waals surface area contributed by atoms with E-state index >= 15 is 0 Å². The Hall–Kier alpha value is -2.84. The van der Waals surface area contributed by atoms with E-state index in [0.717, 1.165) is 11.3 Å². The van der Waals surface area contributed by atoms with E-state index in [1.807, 2.05) is 0 Å². The van der Waals surface area contributed by atoms with Crippen LogP contribution in [0.4, 0.5) is 15.5 Å². The number of halogens is 1. The smallest absolute Gasteiger partial charge is 0.348 e. The van der Waals surface area contributed by atoms with Gasteiger partial charge in [-0.1, -0.05) is 24.3 Å². The Morgan fingerprint density at radius 1 is 1.14 bits per heavy atom. The van der Waals surface area contributed by atoms with E-state index in [1.54, 1.807) is 38.1 Å². The molecule has 0 saturated carbocycles. The predicted octanol–water partition coefficient (Wildman–Crippen LogP) is 4.87. The fourth-order valence-electron chi connectivity index (χ4n) is 2.24. The summed E-state index contributed by atoms with van der Waals surface area (Å²) in [5.41, 5.74) is 1.00. The molecule has 0 aliphatic rings. The van der Waals surface area contributed by atoms with Gasteiger partial charge in [0.2, 0.25) is 0 Å². The first-order chi connectivity index (χ1) is 13.4. The van der Waals surface area contributed by atoms with Gasteiger partial charge in [-0.25, -0.2) is 14.4 Å². The van der Waals surface area contributed by atoms with Gasteiger partial charge in [0.25, 0.3) is 0 Å². The number of benzene rings is 1. The minimum Gasteiger partial charge on any atom is -0.462 e. The summed E-state index contributed by atoms with van der Waals surface area (Å²) in [4.78, 5) is 37.1. The number of anilines is 2. The molecule has 9 heteroatoms. The number of rotatable bonds is 7. The fraction of sp³-hybridized carbons (Fsp3) is 0.211. The molecule has 1 aromatic heterocycles. The molecular weight excluding hydrogens is 404 g/mol. The van der Waals surface area contributed by atoms with E-state index in [0.29, 0.717) is 16.3 Å². The largest absolute Gasteiger partial charge is 0.462 e. The number of urea groups is 1. The van der Waals surface area contributed by atoms with Gasteiger partial charge in [0, 0.05) is 10.7 Å². The number of hydrogen-bond acceptors (Lipinski definition) is 6. The van der Waals surface area contributed by atoms with Gasteiger partial charge in [-0.15, -0.1) is 11.3 Å². The summed E-state index contributed by atoms with van der Waals surface area (Å²) in [6.07, 6.45) is 1.44. The van der Waals surface area contributed by atoms with E-state index in [-0.39, 0.29) is 28.7 Å². The number of ether oxygens (including phenoxy) is 2. The van der Waals surface area contributed by atoms with Crippen LogP contribution in [0.15, 0.2) is 36.9 Å². The highest BCUT2D eigenvalue weighted by atomic mass is 35.5. The summed E-state index contributed by atoms with van der Waals surface area (Å²) in [7, 11) is 0. The summed E-state index contributed by atoms with van der Waals surface area (Å²) in [5, 5.41) is 5.94. The molecule has 2 aromatic rings. The Morgan fingerprint density at radius 3 is 2.43 bits per heavy atom. The first-order valence-electron chi connectivity index (χ1n) is 8.29. The number of carbonyl (C=O) groups excluding carboxylic acids is 3. The van der Waals surface area contributed by atoms with Crippen LogP contribution in [0.2, 0.25) is 5.02 Å².